The number of halogens is 2. The van der Waals surface area contributed by atoms with E-state index in [-0.39, 0.29) is 5.82 Å². The Hall–Kier alpha value is -1.86. The molecule has 0 aromatic heterocycles. The first-order valence-electron chi connectivity index (χ1n) is 5.76. The molecule has 0 heterocycles. The van der Waals surface area contributed by atoms with Crippen LogP contribution in [0.1, 0.15) is 11.1 Å². The van der Waals surface area contributed by atoms with E-state index in [2.05, 4.69) is 22.0 Å². The van der Waals surface area contributed by atoms with Gasteiger partial charge in [-0.1, -0.05) is 34.1 Å². The number of rotatable bonds is 3. The van der Waals surface area contributed by atoms with Crippen molar-refractivity contribution in [3.8, 4) is 6.07 Å². The van der Waals surface area contributed by atoms with Gasteiger partial charge in [0.05, 0.1) is 11.3 Å². The highest BCUT2D eigenvalue weighted by molar-refractivity contribution is 9.10. The fraction of sp³-hybridized carbons (Fsp3) is 0.133. The summed E-state index contributed by atoms with van der Waals surface area (Å²) in [6.45, 7) is 0.420. The molecule has 0 unspecified atom stereocenters. The van der Waals surface area contributed by atoms with Gasteiger partial charge in [0, 0.05) is 23.6 Å². The Morgan fingerprint density at radius 2 is 2.00 bits per heavy atom. The van der Waals surface area contributed by atoms with E-state index in [9.17, 15) is 4.39 Å². The molecule has 0 atom stereocenters. The molecule has 0 radical (unpaired) electrons. The summed E-state index contributed by atoms with van der Waals surface area (Å²) in [5.74, 6) is -0.232. The molecule has 2 aromatic rings. The molecule has 0 aliphatic heterocycles. The predicted octanol–water partition coefficient (Wildman–Crippen LogP) is 4.10. The van der Waals surface area contributed by atoms with Crippen molar-refractivity contribution >= 4 is 21.6 Å². The quantitative estimate of drug-likeness (QED) is 0.852. The van der Waals surface area contributed by atoms with Gasteiger partial charge in [0.15, 0.2) is 0 Å². The summed E-state index contributed by atoms with van der Waals surface area (Å²) in [7, 11) is 1.84. The maximum absolute atomic E-state index is 13.6. The van der Waals surface area contributed by atoms with Crippen LogP contribution >= 0.6 is 15.9 Å². The van der Waals surface area contributed by atoms with E-state index in [1.165, 1.54) is 6.07 Å². The topological polar surface area (TPSA) is 27.0 Å². The Morgan fingerprint density at radius 3 is 2.68 bits per heavy atom. The summed E-state index contributed by atoms with van der Waals surface area (Å²) in [5, 5.41) is 9.14. The molecule has 2 nitrogen and oxygen atoms in total. The summed E-state index contributed by atoms with van der Waals surface area (Å²) in [6.07, 6.45) is 0. The molecule has 19 heavy (non-hydrogen) atoms. The van der Waals surface area contributed by atoms with Gasteiger partial charge in [-0.15, -0.1) is 0 Å². The lowest BCUT2D eigenvalue weighted by molar-refractivity contribution is 0.608. The summed E-state index contributed by atoms with van der Waals surface area (Å²) in [4.78, 5) is 1.86. The molecule has 0 spiro atoms. The van der Waals surface area contributed by atoms with Gasteiger partial charge in [0.2, 0.25) is 0 Å². The van der Waals surface area contributed by atoms with Gasteiger partial charge in [0.1, 0.15) is 11.9 Å². The number of benzene rings is 2. The first kappa shape index (κ1) is 13.6. The van der Waals surface area contributed by atoms with Gasteiger partial charge in [-0.3, -0.25) is 0 Å². The molecule has 96 valence electrons. The SMILES string of the molecule is CN(Cc1ccccc1F)c1ccc(Br)cc1C#N. The van der Waals surface area contributed by atoms with Crippen LogP contribution in [0.25, 0.3) is 0 Å². The summed E-state index contributed by atoms with van der Waals surface area (Å²) in [6, 6.07) is 14.3. The van der Waals surface area contributed by atoms with E-state index in [1.54, 1.807) is 24.3 Å². The Bertz CT molecular complexity index is 634. The van der Waals surface area contributed by atoms with Crippen LogP contribution < -0.4 is 4.90 Å². The summed E-state index contributed by atoms with van der Waals surface area (Å²) < 4.78 is 14.5. The second kappa shape index (κ2) is 5.85. The van der Waals surface area contributed by atoms with Crippen LogP contribution in [0.3, 0.4) is 0 Å². The molecule has 2 rings (SSSR count). The molecule has 0 fully saturated rings. The Labute approximate surface area is 120 Å². The molecule has 0 saturated carbocycles. The summed E-state index contributed by atoms with van der Waals surface area (Å²) in [5.41, 5.74) is 1.96. The van der Waals surface area contributed by atoms with Crippen molar-refractivity contribution in [1.82, 2.24) is 0 Å². The van der Waals surface area contributed by atoms with Crippen LogP contribution in [0.2, 0.25) is 0 Å². The number of nitrogens with zero attached hydrogens (tertiary/aromatic N) is 2. The average Bonchev–Trinajstić information content (AvgIpc) is 2.41. The van der Waals surface area contributed by atoms with E-state index in [0.29, 0.717) is 17.7 Å². The van der Waals surface area contributed by atoms with Gasteiger partial charge in [-0.25, -0.2) is 4.39 Å². The molecule has 0 aliphatic rings. The zero-order valence-corrected chi connectivity index (χ0v) is 12.0. The standard InChI is InChI=1S/C15H12BrFN2/c1-19(10-11-4-2-3-5-14(11)17)15-7-6-13(16)8-12(15)9-18/h2-8H,10H2,1H3. The Kier molecular flexibility index (Phi) is 4.18. The van der Waals surface area contributed by atoms with Crippen molar-refractivity contribution < 1.29 is 4.39 Å². The van der Waals surface area contributed by atoms with Crippen LogP contribution in [0.5, 0.6) is 0 Å². The first-order valence-corrected chi connectivity index (χ1v) is 6.55. The molecular weight excluding hydrogens is 307 g/mol. The van der Waals surface area contributed by atoms with E-state index >= 15 is 0 Å². The highest BCUT2D eigenvalue weighted by Gasteiger charge is 2.10. The smallest absolute Gasteiger partial charge is 0.128 e. The van der Waals surface area contributed by atoms with E-state index in [1.807, 2.05) is 24.1 Å². The lowest BCUT2D eigenvalue weighted by Gasteiger charge is -2.21. The number of nitriles is 1. The molecule has 0 bridgehead atoms. The molecule has 0 amide bonds. The zero-order chi connectivity index (χ0) is 13.8. The van der Waals surface area contributed by atoms with E-state index in [0.717, 1.165) is 10.2 Å². The third kappa shape index (κ3) is 3.12. The van der Waals surface area contributed by atoms with Gasteiger partial charge in [0.25, 0.3) is 0 Å². The van der Waals surface area contributed by atoms with Crippen LogP contribution in [-0.4, -0.2) is 7.05 Å². The summed E-state index contributed by atoms with van der Waals surface area (Å²) >= 11 is 3.34. The molecule has 0 aliphatic carbocycles. The van der Waals surface area contributed by atoms with Gasteiger partial charge < -0.3 is 4.90 Å². The van der Waals surface area contributed by atoms with Crippen LogP contribution in [0.15, 0.2) is 46.9 Å². The number of hydrogen-bond donors (Lipinski definition) is 0. The van der Waals surface area contributed by atoms with Crippen LogP contribution in [0, 0.1) is 17.1 Å². The highest BCUT2D eigenvalue weighted by Crippen LogP contribution is 2.24. The fourth-order valence-electron chi connectivity index (χ4n) is 1.90. The van der Waals surface area contributed by atoms with Crippen molar-refractivity contribution in [1.29, 1.82) is 5.26 Å². The lowest BCUT2D eigenvalue weighted by atomic mass is 10.1. The maximum atomic E-state index is 13.6. The average molecular weight is 319 g/mol. The monoisotopic (exact) mass is 318 g/mol. The second-order valence-corrected chi connectivity index (χ2v) is 5.14. The van der Waals surface area contributed by atoms with Gasteiger partial charge in [-0.2, -0.15) is 5.26 Å². The second-order valence-electron chi connectivity index (χ2n) is 4.22. The largest absolute Gasteiger partial charge is 0.369 e. The van der Waals surface area contributed by atoms with Crippen molar-refractivity contribution in [3.63, 3.8) is 0 Å². The lowest BCUT2D eigenvalue weighted by Crippen LogP contribution is -2.18. The van der Waals surface area contributed by atoms with Crippen LogP contribution in [0.4, 0.5) is 10.1 Å². The molecule has 0 saturated heterocycles. The van der Waals surface area contributed by atoms with Crippen molar-refractivity contribution in [3.05, 3.63) is 63.9 Å². The van der Waals surface area contributed by atoms with Gasteiger partial charge in [-0.05, 0) is 24.3 Å². The van der Waals surface area contributed by atoms with E-state index < -0.39 is 0 Å². The number of anilines is 1. The van der Waals surface area contributed by atoms with Crippen molar-refractivity contribution in [2.75, 3.05) is 11.9 Å². The minimum Gasteiger partial charge on any atom is -0.369 e. The third-order valence-corrected chi connectivity index (χ3v) is 3.35. The Morgan fingerprint density at radius 1 is 1.26 bits per heavy atom. The Balaban J connectivity index is 2.28. The molecule has 4 heteroatoms. The maximum Gasteiger partial charge on any atom is 0.128 e. The molecule has 0 N–H and O–H groups in total. The van der Waals surface area contributed by atoms with Crippen molar-refractivity contribution in [2.24, 2.45) is 0 Å². The number of hydrogen-bond acceptors (Lipinski definition) is 2. The predicted molar refractivity (Wildman–Crippen MR) is 77.4 cm³/mol. The van der Waals surface area contributed by atoms with Gasteiger partial charge >= 0.3 is 0 Å². The first-order chi connectivity index (χ1) is 9.11. The highest BCUT2D eigenvalue weighted by atomic mass is 79.9. The normalized spacial score (nSPS) is 10.0. The zero-order valence-electron chi connectivity index (χ0n) is 10.4. The molecule has 2 aromatic carbocycles. The van der Waals surface area contributed by atoms with Crippen molar-refractivity contribution in [2.45, 2.75) is 6.54 Å². The van der Waals surface area contributed by atoms with E-state index in [4.69, 9.17) is 5.26 Å². The molecular formula is C15H12BrFN2. The third-order valence-electron chi connectivity index (χ3n) is 2.86. The van der Waals surface area contributed by atoms with Crippen LogP contribution in [-0.2, 0) is 6.54 Å². The minimum absolute atomic E-state index is 0.232. The fourth-order valence-corrected chi connectivity index (χ4v) is 2.26. The minimum atomic E-state index is -0.232.